The summed E-state index contributed by atoms with van der Waals surface area (Å²) in [4.78, 5) is 14.3. The van der Waals surface area contributed by atoms with Gasteiger partial charge in [0, 0.05) is 18.2 Å². The van der Waals surface area contributed by atoms with Crippen molar-refractivity contribution in [2.75, 3.05) is 13.1 Å². The Kier molecular flexibility index (Phi) is 4.53. The fourth-order valence-electron chi connectivity index (χ4n) is 2.65. The second kappa shape index (κ2) is 6.15. The Balaban J connectivity index is 2.18. The molecular formula is C15H21FN2O. The van der Waals surface area contributed by atoms with E-state index < -0.39 is 0 Å². The lowest BCUT2D eigenvalue weighted by atomic mass is 9.98. The third-order valence-electron chi connectivity index (χ3n) is 3.81. The van der Waals surface area contributed by atoms with Gasteiger partial charge in [0.2, 0.25) is 0 Å². The van der Waals surface area contributed by atoms with E-state index in [0.717, 1.165) is 32.2 Å². The van der Waals surface area contributed by atoms with Gasteiger partial charge in [0.05, 0.1) is 0 Å². The number of carbonyl (C=O) groups excluding carboxylic acids is 1. The number of nitrogens with two attached hydrogens (primary N) is 1. The number of aryl methyl sites for hydroxylation is 1. The topological polar surface area (TPSA) is 46.3 Å². The molecule has 1 fully saturated rings. The van der Waals surface area contributed by atoms with Gasteiger partial charge in [0.15, 0.2) is 0 Å². The second-order valence-corrected chi connectivity index (χ2v) is 5.19. The molecule has 1 aliphatic heterocycles. The van der Waals surface area contributed by atoms with E-state index in [2.05, 4.69) is 0 Å². The summed E-state index contributed by atoms with van der Waals surface area (Å²) in [5.41, 5.74) is 6.61. The highest BCUT2D eigenvalue weighted by atomic mass is 19.1. The molecule has 1 aromatic carbocycles. The molecule has 0 saturated carbocycles. The highest BCUT2D eigenvalue weighted by molar-refractivity contribution is 5.94. The van der Waals surface area contributed by atoms with Gasteiger partial charge >= 0.3 is 0 Å². The third-order valence-corrected chi connectivity index (χ3v) is 3.81. The van der Waals surface area contributed by atoms with Gasteiger partial charge in [-0.2, -0.15) is 0 Å². The Hall–Kier alpha value is -1.42. The predicted molar refractivity (Wildman–Crippen MR) is 73.5 cm³/mol. The number of nitrogens with zero attached hydrogens (tertiary/aromatic N) is 1. The van der Waals surface area contributed by atoms with Gasteiger partial charge in [-0.15, -0.1) is 0 Å². The largest absolute Gasteiger partial charge is 0.336 e. The summed E-state index contributed by atoms with van der Waals surface area (Å²) in [5, 5.41) is 0. The summed E-state index contributed by atoms with van der Waals surface area (Å²) in [6.45, 7) is 3.03. The monoisotopic (exact) mass is 264 g/mol. The van der Waals surface area contributed by atoms with E-state index in [4.69, 9.17) is 5.73 Å². The van der Waals surface area contributed by atoms with Crippen LogP contribution in [0.15, 0.2) is 18.2 Å². The molecule has 2 N–H and O–H groups in total. The van der Waals surface area contributed by atoms with Crippen molar-refractivity contribution in [3.05, 3.63) is 35.1 Å². The van der Waals surface area contributed by atoms with Crippen LogP contribution in [-0.4, -0.2) is 29.9 Å². The van der Waals surface area contributed by atoms with Crippen LogP contribution in [0, 0.1) is 12.7 Å². The van der Waals surface area contributed by atoms with Crippen molar-refractivity contribution in [1.29, 1.82) is 0 Å². The molecule has 1 saturated heterocycles. The summed E-state index contributed by atoms with van der Waals surface area (Å²) in [7, 11) is 0. The average molecular weight is 264 g/mol. The SMILES string of the molecule is Cc1ccc(C(=O)N2CCCCC2CCN)cc1F. The van der Waals surface area contributed by atoms with Crippen LogP contribution in [-0.2, 0) is 0 Å². The summed E-state index contributed by atoms with van der Waals surface area (Å²) >= 11 is 0. The number of benzene rings is 1. The summed E-state index contributed by atoms with van der Waals surface area (Å²) < 4.78 is 13.6. The van der Waals surface area contributed by atoms with Crippen molar-refractivity contribution >= 4 is 5.91 Å². The van der Waals surface area contributed by atoms with Gasteiger partial charge in [-0.1, -0.05) is 6.07 Å². The molecule has 19 heavy (non-hydrogen) atoms. The minimum atomic E-state index is -0.321. The first-order valence-corrected chi connectivity index (χ1v) is 6.90. The Bertz CT molecular complexity index is 459. The summed E-state index contributed by atoms with van der Waals surface area (Å²) in [5.74, 6) is -0.393. The molecule has 0 aliphatic carbocycles. The number of likely N-dealkylation sites (tertiary alicyclic amines) is 1. The van der Waals surface area contributed by atoms with Gasteiger partial charge in [-0.25, -0.2) is 4.39 Å². The van der Waals surface area contributed by atoms with Gasteiger partial charge < -0.3 is 10.6 Å². The molecule has 2 rings (SSSR count). The van der Waals surface area contributed by atoms with E-state index >= 15 is 0 Å². The fraction of sp³-hybridized carbons (Fsp3) is 0.533. The zero-order valence-electron chi connectivity index (χ0n) is 11.4. The van der Waals surface area contributed by atoms with E-state index in [-0.39, 0.29) is 17.8 Å². The Morgan fingerprint density at radius 2 is 2.26 bits per heavy atom. The van der Waals surface area contributed by atoms with E-state index in [1.807, 2.05) is 4.90 Å². The highest BCUT2D eigenvalue weighted by Gasteiger charge is 2.27. The molecule has 3 nitrogen and oxygen atoms in total. The molecule has 0 radical (unpaired) electrons. The number of rotatable bonds is 3. The molecule has 0 bridgehead atoms. The lowest BCUT2D eigenvalue weighted by molar-refractivity contribution is 0.0604. The van der Waals surface area contributed by atoms with Crippen molar-refractivity contribution in [3.8, 4) is 0 Å². The van der Waals surface area contributed by atoms with Gasteiger partial charge in [0.1, 0.15) is 5.82 Å². The maximum absolute atomic E-state index is 13.6. The minimum absolute atomic E-state index is 0.0722. The molecular weight excluding hydrogens is 243 g/mol. The van der Waals surface area contributed by atoms with Crippen molar-refractivity contribution in [3.63, 3.8) is 0 Å². The maximum Gasteiger partial charge on any atom is 0.254 e. The first kappa shape index (κ1) is 14.0. The molecule has 4 heteroatoms. The minimum Gasteiger partial charge on any atom is -0.336 e. The first-order valence-electron chi connectivity index (χ1n) is 6.90. The number of hydrogen-bond acceptors (Lipinski definition) is 2. The molecule has 104 valence electrons. The fourth-order valence-corrected chi connectivity index (χ4v) is 2.65. The number of hydrogen-bond donors (Lipinski definition) is 1. The normalized spacial score (nSPS) is 19.5. The molecule has 1 unspecified atom stereocenters. The lowest BCUT2D eigenvalue weighted by Gasteiger charge is -2.35. The molecule has 1 atom stereocenters. The van der Waals surface area contributed by atoms with Crippen molar-refractivity contribution in [1.82, 2.24) is 4.90 Å². The van der Waals surface area contributed by atoms with Crippen LogP contribution in [0.2, 0.25) is 0 Å². The molecule has 0 spiro atoms. The predicted octanol–water partition coefficient (Wildman–Crippen LogP) is 2.48. The van der Waals surface area contributed by atoms with E-state index in [1.54, 1.807) is 19.1 Å². The molecule has 1 aliphatic rings. The molecule has 1 aromatic rings. The smallest absolute Gasteiger partial charge is 0.254 e. The Labute approximate surface area is 113 Å². The molecule has 1 heterocycles. The molecule has 1 amide bonds. The van der Waals surface area contributed by atoms with Crippen LogP contribution < -0.4 is 5.73 Å². The third kappa shape index (κ3) is 3.13. The standard InChI is InChI=1S/C15H21FN2O/c1-11-5-6-12(10-14(11)16)15(19)18-9-3-2-4-13(18)7-8-17/h5-6,10,13H,2-4,7-9,17H2,1H3. The van der Waals surface area contributed by atoms with E-state index in [1.165, 1.54) is 6.07 Å². The van der Waals surface area contributed by atoms with Crippen LogP contribution in [0.1, 0.15) is 41.6 Å². The van der Waals surface area contributed by atoms with Gasteiger partial charge in [0.25, 0.3) is 5.91 Å². The van der Waals surface area contributed by atoms with Crippen molar-refractivity contribution in [2.24, 2.45) is 5.73 Å². The second-order valence-electron chi connectivity index (χ2n) is 5.19. The Morgan fingerprint density at radius 1 is 1.47 bits per heavy atom. The van der Waals surface area contributed by atoms with Crippen LogP contribution in [0.3, 0.4) is 0 Å². The first-order chi connectivity index (χ1) is 9.13. The lowest BCUT2D eigenvalue weighted by Crippen LogP contribution is -2.44. The number of piperidine rings is 1. The van der Waals surface area contributed by atoms with Crippen LogP contribution in [0.25, 0.3) is 0 Å². The summed E-state index contributed by atoms with van der Waals surface area (Å²) in [6.07, 6.45) is 3.97. The van der Waals surface area contributed by atoms with Crippen molar-refractivity contribution < 1.29 is 9.18 Å². The zero-order valence-corrected chi connectivity index (χ0v) is 11.4. The average Bonchev–Trinajstić information content (AvgIpc) is 2.42. The number of amides is 1. The highest BCUT2D eigenvalue weighted by Crippen LogP contribution is 2.22. The van der Waals surface area contributed by atoms with E-state index in [9.17, 15) is 9.18 Å². The quantitative estimate of drug-likeness (QED) is 0.911. The van der Waals surface area contributed by atoms with Gasteiger partial charge in [-0.3, -0.25) is 4.79 Å². The zero-order chi connectivity index (χ0) is 13.8. The number of carbonyl (C=O) groups is 1. The summed E-state index contributed by atoms with van der Waals surface area (Å²) in [6, 6.07) is 4.90. The van der Waals surface area contributed by atoms with E-state index in [0.29, 0.717) is 17.7 Å². The molecule has 0 aromatic heterocycles. The Morgan fingerprint density at radius 3 is 2.95 bits per heavy atom. The van der Waals surface area contributed by atoms with Crippen LogP contribution in [0.4, 0.5) is 4.39 Å². The number of halogens is 1. The maximum atomic E-state index is 13.6. The van der Waals surface area contributed by atoms with Crippen molar-refractivity contribution in [2.45, 2.75) is 38.6 Å². The van der Waals surface area contributed by atoms with Crippen LogP contribution in [0.5, 0.6) is 0 Å². The van der Waals surface area contributed by atoms with Crippen LogP contribution >= 0.6 is 0 Å². The van der Waals surface area contributed by atoms with Gasteiger partial charge in [-0.05, 0) is 56.8 Å².